The zero-order chi connectivity index (χ0) is 19.9. The quantitative estimate of drug-likeness (QED) is 0.783. The van der Waals surface area contributed by atoms with Crippen molar-refractivity contribution < 1.29 is 14.6 Å². The number of urea groups is 1. The smallest absolute Gasteiger partial charge is 0.317 e. The molecule has 3 rings (SSSR count). The minimum Gasteiger partial charge on any atom is -0.497 e. The largest absolute Gasteiger partial charge is 0.497 e. The number of nitrogens with zero attached hydrogens (tertiary/aromatic N) is 1. The van der Waals surface area contributed by atoms with Crippen LogP contribution in [0.5, 0.6) is 5.75 Å². The highest BCUT2D eigenvalue weighted by Gasteiger charge is 2.29. The van der Waals surface area contributed by atoms with E-state index < -0.39 is 6.10 Å². The molecule has 1 aliphatic heterocycles. The summed E-state index contributed by atoms with van der Waals surface area (Å²) in [4.78, 5) is 14.6. The number of methoxy groups -OCH3 is 1. The Morgan fingerprint density at radius 1 is 1.11 bits per heavy atom. The van der Waals surface area contributed by atoms with Crippen LogP contribution in [-0.4, -0.2) is 36.2 Å². The predicted molar refractivity (Wildman–Crippen MR) is 110 cm³/mol. The Bertz CT molecular complexity index is 740. The number of benzene rings is 2. The van der Waals surface area contributed by atoms with Gasteiger partial charge in [0, 0.05) is 13.1 Å². The molecule has 1 saturated heterocycles. The molecule has 2 amide bonds. The molecule has 2 aromatic rings. The Balaban J connectivity index is 1.54. The van der Waals surface area contributed by atoms with Crippen molar-refractivity contribution in [2.75, 3.05) is 20.2 Å². The fourth-order valence-corrected chi connectivity index (χ4v) is 3.84. The number of hydrogen-bond acceptors (Lipinski definition) is 3. The molecule has 5 heteroatoms. The number of aliphatic hydroxyl groups excluding tert-OH is 1. The van der Waals surface area contributed by atoms with Crippen LogP contribution in [0.1, 0.15) is 49.5 Å². The Morgan fingerprint density at radius 2 is 1.75 bits per heavy atom. The van der Waals surface area contributed by atoms with Gasteiger partial charge in [-0.1, -0.05) is 49.4 Å². The number of aliphatic hydroxyl groups is 1. The predicted octanol–water partition coefficient (Wildman–Crippen LogP) is 4.30. The van der Waals surface area contributed by atoms with Crippen molar-refractivity contribution in [1.82, 2.24) is 10.2 Å². The van der Waals surface area contributed by atoms with E-state index in [0.717, 1.165) is 36.1 Å². The summed E-state index contributed by atoms with van der Waals surface area (Å²) in [5, 5.41) is 13.8. The first-order valence-corrected chi connectivity index (χ1v) is 10.0. The molecule has 0 saturated carbocycles. The molecule has 1 aliphatic rings. The average molecular weight is 383 g/mol. The van der Waals surface area contributed by atoms with Crippen molar-refractivity contribution in [3.63, 3.8) is 0 Å². The van der Waals surface area contributed by atoms with Gasteiger partial charge in [0.05, 0.1) is 19.3 Å². The molecule has 0 aliphatic carbocycles. The summed E-state index contributed by atoms with van der Waals surface area (Å²) in [7, 11) is 1.65. The van der Waals surface area contributed by atoms with Crippen molar-refractivity contribution in [2.45, 2.75) is 38.3 Å². The Morgan fingerprint density at radius 3 is 2.32 bits per heavy atom. The molecule has 2 unspecified atom stereocenters. The van der Waals surface area contributed by atoms with Crippen LogP contribution in [0.2, 0.25) is 0 Å². The number of likely N-dealkylation sites (tertiary alicyclic amines) is 1. The zero-order valence-electron chi connectivity index (χ0n) is 16.7. The molecule has 2 atom stereocenters. The summed E-state index contributed by atoms with van der Waals surface area (Å²) in [5.41, 5.74) is 2.03. The van der Waals surface area contributed by atoms with Crippen molar-refractivity contribution in [3.05, 3.63) is 65.7 Å². The van der Waals surface area contributed by atoms with Gasteiger partial charge in [-0.25, -0.2) is 4.79 Å². The van der Waals surface area contributed by atoms with Crippen LogP contribution in [0.4, 0.5) is 4.79 Å². The van der Waals surface area contributed by atoms with Gasteiger partial charge >= 0.3 is 6.03 Å². The van der Waals surface area contributed by atoms with Gasteiger partial charge in [0.25, 0.3) is 0 Å². The monoisotopic (exact) mass is 382 g/mol. The first kappa shape index (κ1) is 20.2. The maximum absolute atomic E-state index is 12.7. The normalized spacial score (nSPS) is 17.0. The Kier molecular flexibility index (Phi) is 6.93. The van der Waals surface area contributed by atoms with E-state index in [4.69, 9.17) is 4.74 Å². The van der Waals surface area contributed by atoms with Crippen LogP contribution in [0.3, 0.4) is 0 Å². The van der Waals surface area contributed by atoms with Crippen molar-refractivity contribution >= 4 is 6.03 Å². The molecular weight excluding hydrogens is 352 g/mol. The van der Waals surface area contributed by atoms with E-state index in [1.807, 2.05) is 59.5 Å². The molecule has 2 aromatic carbocycles. The van der Waals surface area contributed by atoms with E-state index in [0.29, 0.717) is 13.1 Å². The molecule has 5 nitrogen and oxygen atoms in total. The summed E-state index contributed by atoms with van der Waals surface area (Å²) >= 11 is 0. The van der Waals surface area contributed by atoms with E-state index in [9.17, 15) is 9.90 Å². The highest BCUT2D eigenvalue weighted by molar-refractivity contribution is 5.74. The molecule has 0 aromatic heterocycles. The molecule has 0 radical (unpaired) electrons. The second-order valence-corrected chi connectivity index (χ2v) is 7.36. The van der Waals surface area contributed by atoms with Crippen molar-refractivity contribution in [1.29, 1.82) is 0 Å². The van der Waals surface area contributed by atoms with Gasteiger partial charge in [-0.05, 0) is 48.4 Å². The van der Waals surface area contributed by atoms with Gasteiger partial charge in [0.15, 0.2) is 0 Å². The number of piperidine rings is 1. The minimum atomic E-state index is -0.464. The first-order chi connectivity index (χ1) is 13.6. The number of carbonyl (C=O) groups is 1. The fourth-order valence-electron chi connectivity index (χ4n) is 3.84. The molecule has 1 heterocycles. The Labute approximate surface area is 167 Å². The molecule has 1 fully saturated rings. The lowest BCUT2D eigenvalue weighted by Crippen LogP contribution is -2.46. The second-order valence-electron chi connectivity index (χ2n) is 7.36. The molecule has 28 heavy (non-hydrogen) atoms. The lowest BCUT2D eigenvalue weighted by molar-refractivity contribution is 0.0661. The number of rotatable bonds is 6. The van der Waals surface area contributed by atoms with Gasteiger partial charge < -0.3 is 20.1 Å². The SMILES string of the molecule is CCC(NC(=O)N1CCC(C(O)c2ccccc2)CC1)c1ccc(OC)cc1. The zero-order valence-corrected chi connectivity index (χ0v) is 16.7. The summed E-state index contributed by atoms with van der Waals surface area (Å²) in [6.07, 6.45) is 1.97. The van der Waals surface area contributed by atoms with Crippen molar-refractivity contribution in [2.24, 2.45) is 5.92 Å². The van der Waals surface area contributed by atoms with Crippen LogP contribution < -0.4 is 10.1 Å². The lowest BCUT2D eigenvalue weighted by atomic mass is 9.87. The van der Waals surface area contributed by atoms with Crippen LogP contribution >= 0.6 is 0 Å². The molecule has 150 valence electrons. The number of carbonyl (C=O) groups excluding carboxylic acids is 1. The highest BCUT2D eigenvalue weighted by Crippen LogP contribution is 2.31. The molecule has 2 N–H and O–H groups in total. The number of amides is 2. The molecule has 0 spiro atoms. The van der Waals surface area contributed by atoms with E-state index in [2.05, 4.69) is 12.2 Å². The maximum atomic E-state index is 12.7. The summed E-state index contributed by atoms with van der Waals surface area (Å²) in [5.74, 6) is 0.999. The first-order valence-electron chi connectivity index (χ1n) is 10.0. The third-order valence-corrected chi connectivity index (χ3v) is 5.64. The topological polar surface area (TPSA) is 61.8 Å². The summed E-state index contributed by atoms with van der Waals surface area (Å²) < 4.78 is 5.20. The number of hydrogen-bond donors (Lipinski definition) is 2. The van der Waals surface area contributed by atoms with Gasteiger partial charge in [0.2, 0.25) is 0 Å². The van der Waals surface area contributed by atoms with E-state index in [-0.39, 0.29) is 18.0 Å². The van der Waals surface area contributed by atoms with Crippen LogP contribution in [-0.2, 0) is 0 Å². The van der Waals surface area contributed by atoms with Gasteiger partial charge in [-0.3, -0.25) is 0 Å². The van der Waals surface area contributed by atoms with Gasteiger partial charge in [-0.15, -0.1) is 0 Å². The summed E-state index contributed by atoms with van der Waals surface area (Å²) in [6.45, 7) is 3.40. The molecule has 0 bridgehead atoms. The van der Waals surface area contributed by atoms with Gasteiger partial charge in [0.1, 0.15) is 5.75 Å². The third kappa shape index (κ3) is 4.84. The summed E-state index contributed by atoms with van der Waals surface area (Å²) in [6, 6.07) is 17.6. The van der Waals surface area contributed by atoms with E-state index in [1.165, 1.54) is 0 Å². The number of ether oxygens (including phenoxy) is 1. The van der Waals surface area contributed by atoms with Crippen LogP contribution in [0, 0.1) is 5.92 Å². The lowest BCUT2D eigenvalue weighted by Gasteiger charge is -2.35. The molecular formula is C23H30N2O3. The third-order valence-electron chi connectivity index (χ3n) is 5.64. The Hall–Kier alpha value is -2.53. The van der Waals surface area contributed by atoms with Gasteiger partial charge in [-0.2, -0.15) is 0 Å². The average Bonchev–Trinajstić information content (AvgIpc) is 2.77. The van der Waals surface area contributed by atoms with Crippen LogP contribution in [0.15, 0.2) is 54.6 Å². The van der Waals surface area contributed by atoms with Crippen LogP contribution in [0.25, 0.3) is 0 Å². The maximum Gasteiger partial charge on any atom is 0.317 e. The van der Waals surface area contributed by atoms with Crippen molar-refractivity contribution in [3.8, 4) is 5.75 Å². The second kappa shape index (κ2) is 9.60. The highest BCUT2D eigenvalue weighted by atomic mass is 16.5. The minimum absolute atomic E-state index is 0.0222. The standard InChI is InChI=1S/C23H30N2O3/c1-3-21(17-9-11-20(28-2)12-10-17)24-23(27)25-15-13-19(14-16-25)22(26)18-7-5-4-6-8-18/h4-12,19,21-22,26H,3,13-16H2,1-2H3,(H,24,27). The van der Waals surface area contributed by atoms with E-state index >= 15 is 0 Å². The number of nitrogens with one attached hydrogen (secondary N) is 1. The van der Waals surface area contributed by atoms with E-state index in [1.54, 1.807) is 7.11 Å². The fraction of sp³-hybridized carbons (Fsp3) is 0.435.